The third-order valence-electron chi connectivity index (χ3n) is 9.38. The lowest BCUT2D eigenvalue weighted by molar-refractivity contribution is -0.127. The number of alkyl halides is 2. The first-order chi connectivity index (χ1) is 31.4. The number of carbonyl (C=O) groups is 6. The molecule has 16 nitrogen and oxygen atoms in total. The van der Waals surface area contributed by atoms with Gasteiger partial charge in [0, 0.05) is 32.5 Å². The van der Waals surface area contributed by atoms with Crippen molar-refractivity contribution >= 4 is 116 Å². The average Bonchev–Trinajstić information content (AvgIpc) is 3.26. The minimum atomic E-state index is -1.67. The first-order valence-electron chi connectivity index (χ1n) is 19.8. The number of benzene rings is 5. The highest BCUT2D eigenvalue weighted by atomic mass is 35.5. The minimum absolute atomic E-state index is 0.0121. The summed E-state index contributed by atoms with van der Waals surface area (Å²) in [5.74, 6) is -4.34. The summed E-state index contributed by atoms with van der Waals surface area (Å²) in [5.41, 5.74) is 3.05. The van der Waals surface area contributed by atoms with Crippen LogP contribution in [0.5, 0.6) is 11.5 Å². The second kappa shape index (κ2) is 22.9. The molecule has 5 aromatic rings. The summed E-state index contributed by atoms with van der Waals surface area (Å²) in [6.07, 6.45) is 0. The Bertz CT molecular complexity index is 2560. The van der Waals surface area contributed by atoms with Crippen LogP contribution in [0, 0.1) is 0 Å². The van der Waals surface area contributed by atoms with Crippen molar-refractivity contribution in [3.8, 4) is 11.5 Å². The van der Waals surface area contributed by atoms with Crippen molar-refractivity contribution in [3.05, 3.63) is 129 Å². The number of ketones is 2. The monoisotopic (exact) mass is 974 g/mol. The molecule has 4 N–H and O–H groups in total. The average molecular weight is 977 g/mol. The quantitative estimate of drug-likeness (QED) is 0.0375. The maximum atomic E-state index is 13.5. The van der Waals surface area contributed by atoms with Gasteiger partial charge in [0.15, 0.2) is 23.1 Å². The van der Waals surface area contributed by atoms with Crippen molar-refractivity contribution in [3.63, 3.8) is 0 Å². The van der Waals surface area contributed by atoms with Crippen molar-refractivity contribution < 1.29 is 38.2 Å². The Kier molecular flexibility index (Phi) is 17.5. The number of methoxy groups -OCH3 is 2. The molecule has 0 aromatic heterocycles. The number of hydrogen-bond acceptors (Lipinski definition) is 12. The van der Waals surface area contributed by atoms with E-state index in [1.807, 2.05) is 12.1 Å². The maximum Gasteiger partial charge on any atom is 0.258 e. The number of nitrogens with one attached hydrogen (secondary N) is 4. The fraction of sp³-hybridized carbons (Fsp3) is 0.217. The van der Waals surface area contributed by atoms with Crippen LogP contribution in [0.4, 0.5) is 34.1 Å². The van der Waals surface area contributed by atoms with Gasteiger partial charge in [-0.1, -0.05) is 47.5 Å². The number of anilines is 4. The second-order valence-electron chi connectivity index (χ2n) is 14.5. The van der Waals surface area contributed by atoms with Crippen molar-refractivity contribution in [2.45, 2.75) is 50.5 Å². The first kappa shape index (κ1) is 50.3. The number of ether oxygens (including phenoxy) is 2. The fourth-order valence-corrected chi connectivity index (χ4v) is 6.84. The first-order valence-corrected chi connectivity index (χ1v) is 21.4. The van der Waals surface area contributed by atoms with Crippen LogP contribution in [0.1, 0.15) is 70.3 Å². The Morgan fingerprint density at radius 3 is 1.24 bits per heavy atom. The van der Waals surface area contributed by atoms with Gasteiger partial charge in [0.05, 0.1) is 47.7 Å². The van der Waals surface area contributed by atoms with Crippen LogP contribution in [-0.4, -0.2) is 61.5 Å². The van der Waals surface area contributed by atoms with Gasteiger partial charge >= 0.3 is 0 Å². The van der Waals surface area contributed by atoms with Crippen molar-refractivity contribution in [1.82, 2.24) is 0 Å². The lowest BCUT2D eigenvalue weighted by Crippen LogP contribution is -2.32. The standard InChI is InChI=1S/C46H42Cl4N8O8/c1-23(47)27-9-7-11-33(17-27)51-43(61)29-15-31(49)21-35(19-29)55-57-39(25(3)59)45(63)53-37-13-14-38(42(66-6)41(37)65-5)54-46(64)40(26(4)60)58-56-36-20-30(16-32(50)22-36)44(62)52-34-12-8-10-28(18-34)24(2)48/h7-24,39-40H,1-6H3,(H,51,61)(H,52,62)(H,53,63)(H,54,64). The number of hydrogen-bond donors (Lipinski definition) is 4. The second-order valence-corrected chi connectivity index (χ2v) is 16.6. The molecule has 0 aliphatic rings. The summed E-state index contributed by atoms with van der Waals surface area (Å²) in [4.78, 5) is 78.7. The van der Waals surface area contributed by atoms with Gasteiger partial charge in [0.25, 0.3) is 23.6 Å². The number of rotatable bonds is 18. The lowest BCUT2D eigenvalue weighted by atomic mass is 10.1. The molecule has 0 radical (unpaired) electrons. The Hall–Kier alpha value is -6.72. The van der Waals surface area contributed by atoms with Crippen LogP contribution in [0.15, 0.2) is 118 Å². The van der Waals surface area contributed by atoms with E-state index in [0.717, 1.165) is 25.0 Å². The fourth-order valence-electron chi connectivity index (χ4n) is 6.11. The van der Waals surface area contributed by atoms with Crippen LogP contribution in [0.2, 0.25) is 10.0 Å². The molecule has 0 fully saturated rings. The highest BCUT2D eigenvalue weighted by Crippen LogP contribution is 2.42. The molecule has 5 aromatic carbocycles. The number of nitrogens with zero attached hydrogens (tertiary/aromatic N) is 4. The maximum absolute atomic E-state index is 13.5. The Morgan fingerprint density at radius 1 is 0.530 bits per heavy atom. The Labute approximate surface area is 399 Å². The predicted octanol–water partition coefficient (Wildman–Crippen LogP) is 11.5. The number of Topliss-reactive ketones (excluding diaryl/α,β-unsaturated/α-hetero) is 2. The predicted molar refractivity (Wildman–Crippen MR) is 255 cm³/mol. The zero-order valence-corrected chi connectivity index (χ0v) is 39.1. The van der Waals surface area contributed by atoms with Gasteiger partial charge < -0.3 is 30.7 Å². The van der Waals surface area contributed by atoms with E-state index in [-0.39, 0.29) is 66.2 Å². The largest absolute Gasteiger partial charge is 0.491 e. The van der Waals surface area contributed by atoms with Crippen LogP contribution < -0.4 is 30.7 Å². The van der Waals surface area contributed by atoms with Gasteiger partial charge in [-0.2, -0.15) is 20.5 Å². The summed E-state index contributed by atoms with van der Waals surface area (Å²) >= 11 is 25.0. The third kappa shape index (κ3) is 13.4. The summed E-state index contributed by atoms with van der Waals surface area (Å²) in [7, 11) is 2.54. The summed E-state index contributed by atoms with van der Waals surface area (Å²) in [5, 5.41) is 26.4. The highest BCUT2D eigenvalue weighted by molar-refractivity contribution is 6.32. The molecule has 0 saturated carbocycles. The van der Waals surface area contributed by atoms with Crippen LogP contribution in [0.3, 0.4) is 0 Å². The summed E-state index contributed by atoms with van der Waals surface area (Å²) in [6.45, 7) is 5.89. The van der Waals surface area contributed by atoms with Crippen LogP contribution in [-0.2, 0) is 19.2 Å². The lowest BCUT2D eigenvalue weighted by Gasteiger charge is -2.19. The van der Waals surface area contributed by atoms with Crippen LogP contribution >= 0.6 is 46.4 Å². The van der Waals surface area contributed by atoms with E-state index in [2.05, 4.69) is 41.7 Å². The zero-order chi connectivity index (χ0) is 48.2. The molecule has 342 valence electrons. The van der Waals surface area contributed by atoms with Crippen molar-refractivity contribution in [2.24, 2.45) is 20.5 Å². The summed E-state index contributed by atoms with van der Waals surface area (Å²) < 4.78 is 11.1. The van der Waals surface area contributed by atoms with Gasteiger partial charge in [0.2, 0.25) is 12.1 Å². The van der Waals surface area contributed by atoms with E-state index in [4.69, 9.17) is 55.9 Å². The van der Waals surface area contributed by atoms with Crippen molar-refractivity contribution in [2.75, 3.05) is 35.5 Å². The van der Waals surface area contributed by atoms with E-state index < -0.39 is 47.3 Å². The molecular formula is C46H42Cl4N8O8. The molecule has 4 unspecified atom stereocenters. The van der Waals surface area contributed by atoms with Gasteiger partial charge in [-0.15, -0.1) is 23.2 Å². The molecule has 5 rings (SSSR count). The van der Waals surface area contributed by atoms with E-state index in [9.17, 15) is 28.8 Å². The molecule has 0 bridgehead atoms. The SMILES string of the molecule is COc1c(NC(=O)C(N=Nc2cc(Cl)cc(C(=O)Nc3cccc(C(C)Cl)c3)c2)C(C)=O)ccc(NC(=O)C(N=Nc2cc(Cl)cc(C(=O)Nc3cccc(C(C)Cl)c3)c2)C(C)=O)c1OC. The molecule has 0 heterocycles. The van der Waals surface area contributed by atoms with Gasteiger partial charge in [-0.3, -0.25) is 28.8 Å². The highest BCUT2D eigenvalue weighted by Gasteiger charge is 2.28. The molecule has 0 aliphatic heterocycles. The minimum Gasteiger partial charge on any atom is -0.491 e. The van der Waals surface area contributed by atoms with Gasteiger partial charge in [-0.05, 0) is 112 Å². The summed E-state index contributed by atoms with van der Waals surface area (Å²) in [6, 6.07) is 21.8. The van der Waals surface area contributed by atoms with Gasteiger partial charge in [0.1, 0.15) is 0 Å². The molecule has 4 atom stereocenters. The molecule has 0 saturated heterocycles. The number of azo groups is 2. The van der Waals surface area contributed by atoms with E-state index in [1.165, 1.54) is 62.8 Å². The molecule has 0 aliphatic carbocycles. The topological polar surface area (TPSA) is 218 Å². The van der Waals surface area contributed by atoms with Crippen LogP contribution in [0.25, 0.3) is 0 Å². The van der Waals surface area contributed by atoms with Gasteiger partial charge in [-0.25, -0.2) is 0 Å². The van der Waals surface area contributed by atoms with E-state index in [0.29, 0.717) is 11.4 Å². The smallest absolute Gasteiger partial charge is 0.258 e. The Morgan fingerprint density at radius 2 is 0.909 bits per heavy atom. The molecule has 20 heteroatoms. The number of carbonyl (C=O) groups excluding carboxylic acids is 6. The number of halogens is 4. The zero-order valence-electron chi connectivity index (χ0n) is 36.1. The van der Waals surface area contributed by atoms with E-state index in [1.54, 1.807) is 50.2 Å². The van der Waals surface area contributed by atoms with E-state index >= 15 is 0 Å². The number of amides is 4. The Balaban J connectivity index is 1.30. The molecule has 0 spiro atoms. The van der Waals surface area contributed by atoms with Crippen molar-refractivity contribution in [1.29, 1.82) is 0 Å². The third-order valence-corrected chi connectivity index (χ3v) is 10.3. The normalized spacial score (nSPS) is 13.0. The molecule has 4 amide bonds. The molecular weight excluding hydrogens is 934 g/mol. The molecule has 66 heavy (non-hydrogen) atoms.